The number of rotatable bonds is 3. The molecule has 0 atom stereocenters. The Balaban J connectivity index is 1.22. The van der Waals surface area contributed by atoms with Crippen molar-refractivity contribution in [3.05, 3.63) is 59.2 Å². The van der Waals surface area contributed by atoms with Crippen molar-refractivity contribution < 1.29 is 28.7 Å². The predicted molar refractivity (Wildman–Crippen MR) is 111 cm³/mol. The van der Waals surface area contributed by atoms with E-state index >= 15 is 0 Å². The second-order valence-electron chi connectivity index (χ2n) is 7.84. The van der Waals surface area contributed by atoms with Crippen LogP contribution >= 0.6 is 0 Å². The van der Waals surface area contributed by atoms with Crippen LogP contribution in [0.4, 0.5) is 0 Å². The van der Waals surface area contributed by atoms with Gasteiger partial charge in [0.05, 0.1) is 11.1 Å². The van der Waals surface area contributed by atoms with Gasteiger partial charge in [0.1, 0.15) is 6.54 Å². The van der Waals surface area contributed by atoms with Gasteiger partial charge in [-0.2, -0.15) is 0 Å². The fraction of sp³-hybridized carbons (Fsp3) is 0.304. The molecule has 0 radical (unpaired) electrons. The van der Waals surface area contributed by atoms with Crippen LogP contribution in [0.1, 0.15) is 37.5 Å². The average molecular weight is 435 g/mol. The summed E-state index contributed by atoms with van der Waals surface area (Å²) in [6, 6.07) is 11.6. The van der Waals surface area contributed by atoms with Crippen molar-refractivity contribution in [2.75, 3.05) is 39.5 Å². The van der Waals surface area contributed by atoms with E-state index < -0.39 is 11.8 Å². The summed E-state index contributed by atoms with van der Waals surface area (Å²) in [5.74, 6) is -0.192. The van der Waals surface area contributed by atoms with Crippen LogP contribution in [0.3, 0.4) is 0 Å². The molecule has 0 saturated carbocycles. The zero-order valence-corrected chi connectivity index (χ0v) is 17.3. The minimum atomic E-state index is -0.451. The van der Waals surface area contributed by atoms with E-state index in [0.29, 0.717) is 60.8 Å². The van der Waals surface area contributed by atoms with Crippen molar-refractivity contribution >= 4 is 23.6 Å². The molecular formula is C23H21N3O6. The third kappa shape index (κ3) is 3.45. The van der Waals surface area contributed by atoms with Gasteiger partial charge in [-0.15, -0.1) is 0 Å². The highest BCUT2D eigenvalue weighted by molar-refractivity contribution is 6.22. The number of ether oxygens (including phenoxy) is 2. The zero-order valence-electron chi connectivity index (χ0n) is 17.3. The average Bonchev–Trinajstić information content (AvgIpc) is 3.26. The van der Waals surface area contributed by atoms with E-state index in [2.05, 4.69) is 0 Å². The quantitative estimate of drug-likeness (QED) is 0.676. The molecule has 1 saturated heterocycles. The molecule has 32 heavy (non-hydrogen) atoms. The first kappa shape index (κ1) is 20.0. The maximum absolute atomic E-state index is 12.9. The SMILES string of the molecule is O=C(CN1C(=O)c2ccccc2C1=O)N1CCCN(C(=O)c2ccc3c(c2)OCO3)CC1. The van der Waals surface area contributed by atoms with Crippen molar-refractivity contribution in [1.82, 2.24) is 14.7 Å². The largest absolute Gasteiger partial charge is 0.454 e. The van der Waals surface area contributed by atoms with Gasteiger partial charge in [0, 0.05) is 31.7 Å². The van der Waals surface area contributed by atoms with Crippen LogP contribution in [0.25, 0.3) is 0 Å². The lowest BCUT2D eigenvalue weighted by molar-refractivity contribution is -0.131. The first-order chi connectivity index (χ1) is 15.5. The molecule has 2 aromatic rings. The van der Waals surface area contributed by atoms with E-state index in [1.807, 2.05) is 0 Å². The van der Waals surface area contributed by atoms with Crippen LogP contribution in [0.5, 0.6) is 11.5 Å². The standard InChI is InChI=1S/C23H21N3O6/c27-20(13-26-22(29)16-4-1-2-5-17(16)23(26)30)24-8-3-9-25(11-10-24)21(28)15-6-7-18-19(12-15)32-14-31-18/h1-2,4-7,12H,3,8-11,13-14H2. The van der Waals surface area contributed by atoms with Crippen molar-refractivity contribution in [2.45, 2.75) is 6.42 Å². The van der Waals surface area contributed by atoms with Crippen molar-refractivity contribution in [3.63, 3.8) is 0 Å². The maximum atomic E-state index is 12.9. The van der Waals surface area contributed by atoms with E-state index in [-0.39, 0.29) is 25.2 Å². The number of benzene rings is 2. The Hall–Kier alpha value is -3.88. The van der Waals surface area contributed by atoms with E-state index in [4.69, 9.17) is 9.47 Å². The number of hydrogen-bond acceptors (Lipinski definition) is 6. The summed E-state index contributed by atoms with van der Waals surface area (Å²) < 4.78 is 10.6. The predicted octanol–water partition coefficient (Wildman–Crippen LogP) is 1.39. The minimum absolute atomic E-state index is 0.140. The number of fused-ring (bicyclic) bond motifs is 2. The molecule has 0 aromatic heterocycles. The third-order valence-electron chi connectivity index (χ3n) is 5.93. The van der Waals surface area contributed by atoms with Gasteiger partial charge in [-0.1, -0.05) is 12.1 Å². The second kappa shape index (κ2) is 7.99. The Morgan fingerprint density at radius 2 is 1.47 bits per heavy atom. The monoisotopic (exact) mass is 435 g/mol. The fourth-order valence-electron chi connectivity index (χ4n) is 4.20. The van der Waals surface area contributed by atoms with Crippen LogP contribution in [-0.4, -0.2) is 77.8 Å². The van der Waals surface area contributed by atoms with Gasteiger partial charge in [-0.3, -0.25) is 24.1 Å². The molecule has 0 bridgehead atoms. The molecule has 9 heteroatoms. The molecule has 0 spiro atoms. The summed E-state index contributed by atoms with van der Waals surface area (Å²) in [5, 5.41) is 0. The van der Waals surface area contributed by atoms with Gasteiger partial charge >= 0.3 is 0 Å². The lowest BCUT2D eigenvalue weighted by Crippen LogP contribution is -2.44. The first-order valence-corrected chi connectivity index (χ1v) is 10.4. The molecule has 164 valence electrons. The summed E-state index contributed by atoms with van der Waals surface area (Å²) in [5.41, 5.74) is 1.14. The molecule has 5 rings (SSSR count). The highest BCUT2D eigenvalue weighted by atomic mass is 16.7. The van der Waals surface area contributed by atoms with Crippen molar-refractivity contribution in [2.24, 2.45) is 0 Å². The lowest BCUT2D eigenvalue weighted by atomic mass is 10.1. The summed E-state index contributed by atoms with van der Waals surface area (Å²) in [6.45, 7) is 1.49. The fourth-order valence-corrected chi connectivity index (χ4v) is 4.20. The second-order valence-corrected chi connectivity index (χ2v) is 7.84. The first-order valence-electron chi connectivity index (χ1n) is 10.4. The van der Waals surface area contributed by atoms with Crippen LogP contribution in [0, 0.1) is 0 Å². The summed E-state index contributed by atoms with van der Waals surface area (Å²) in [6.07, 6.45) is 0.601. The number of hydrogen-bond donors (Lipinski definition) is 0. The number of nitrogens with zero attached hydrogens (tertiary/aromatic N) is 3. The lowest BCUT2D eigenvalue weighted by Gasteiger charge is -2.24. The Morgan fingerprint density at radius 3 is 2.22 bits per heavy atom. The molecule has 3 aliphatic rings. The van der Waals surface area contributed by atoms with Gasteiger partial charge in [0.25, 0.3) is 17.7 Å². The van der Waals surface area contributed by atoms with Gasteiger partial charge in [0.2, 0.25) is 12.7 Å². The Kier molecular flexibility index (Phi) is 5.01. The van der Waals surface area contributed by atoms with E-state index in [1.165, 1.54) is 0 Å². The minimum Gasteiger partial charge on any atom is -0.454 e. The highest BCUT2D eigenvalue weighted by Gasteiger charge is 2.37. The molecule has 9 nitrogen and oxygen atoms in total. The van der Waals surface area contributed by atoms with Gasteiger partial charge in [-0.05, 0) is 36.8 Å². The molecule has 3 aliphatic heterocycles. The highest BCUT2D eigenvalue weighted by Crippen LogP contribution is 2.33. The molecule has 1 fully saturated rings. The summed E-state index contributed by atoms with van der Waals surface area (Å²) in [7, 11) is 0. The van der Waals surface area contributed by atoms with Crippen LogP contribution in [0.15, 0.2) is 42.5 Å². The van der Waals surface area contributed by atoms with Crippen molar-refractivity contribution in [3.8, 4) is 11.5 Å². The zero-order chi connectivity index (χ0) is 22.2. The van der Waals surface area contributed by atoms with Crippen LogP contribution in [0.2, 0.25) is 0 Å². The smallest absolute Gasteiger partial charge is 0.262 e. The number of carbonyl (C=O) groups excluding carboxylic acids is 4. The summed E-state index contributed by atoms with van der Waals surface area (Å²) in [4.78, 5) is 55.2. The maximum Gasteiger partial charge on any atom is 0.262 e. The number of carbonyl (C=O) groups is 4. The summed E-state index contributed by atoms with van der Waals surface area (Å²) >= 11 is 0. The van der Waals surface area contributed by atoms with E-state index in [0.717, 1.165) is 4.90 Å². The Labute approximate surface area is 184 Å². The molecule has 4 amide bonds. The molecule has 0 N–H and O–H groups in total. The molecular weight excluding hydrogens is 414 g/mol. The number of amides is 4. The molecule has 0 unspecified atom stereocenters. The third-order valence-corrected chi connectivity index (χ3v) is 5.93. The topological polar surface area (TPSA) is 96.5 Å². The normalized spacial score (nSPS) is 17.4. The van der Waals surface area contributed by atoms with E-state index in [1.54, 1.807) is 52.3 Å². The van der Waals surface area contributed by atoms with Crippen LogP contribution < -0.4 is 9.47 Å². The Morgan fingerprint density at radius 1 is 0.812 bits per heavy atom. The molecule has 2 aromatic carbocycles. The Bertz CT molecular complexity index is 1100. The number of imide groups is 1. The van der Waals surface area contributed by atoms with Crippen LogP contribution in [-0.2, 0) is 4.79 Å². The van der Waals surface area contributed by atoms with Gasteiger partial charge < -0.3 is 19.3 Å². The van der Waals surface area contributed by atoms with E-state index in [9.17, 15) is 19.2 Å². The van der Waals surface area contributed by atoms with Gasteiger partial charge in [0.15, 0.2) is 11.5 Å². The van der Waals surface area contributed by atoms with Gasteiger partial charge in [-0.25, -0.2) is 0 Å². The van der Waals surface area contributed by atoms with Crippen molar-refractivity contribution in [1.29, 1.82) is 0 Å². The molecule has 0 aliphatic carbocycles. The molecule has 3 heterocycles.